The van der Waals surface area contributed by atoms with Gasteiger partial charge in [-0.15, -0.1) is 0 Å². The van der Waals surface area contributed by atoms with Gasteiger partial charge < -0.3 is 10.4 Å². The third-order valence-corrected chi connectivity index (χ3v) is 5.61. The molecule has 2 aromatic rings. The number of hydrogen-bond acceptors (Lipinski definition) is 3. The molecule has 1 saturated carbocycles. The van der Waals surface area contributed by atoms with Crippen LogP contribution >= 0.6 is 0 Å². The van der Waals surface area contributed by atoms with Crippen LogP contribution in [0.3, 0.4) is 0 Å². The second kappa shape index (κ2) is 5.65. The highest BCUT2D eigenvalue weighted by Gasteiger charge is 2.48. The van der Waals surface area contributed by atoms with Crippen molar-refractivity contribution in [3.8, 4) is 5.69 Å². The minimum atomic E-state index is -0.800. The van der Waals surface area contributed by atoms with Gasteiger partial charge in [-0.2, -0.15) is 0 Å². The summed E-state index contributed by atoms with van der Waals surface area (Å²) < 4.78 is 3.41. The van der Waals surface area contributed by atoms with Crippen molar-refractivity contribution in [2.75, 3.05) is 5.32 Å². The minimum absolute atomic E-state index is 0.0559. The third-order valence-electron chi connectivity index (χ3n) is 5.61. The molecule has 0 radical (unpaired) electrons. The summed E-state index contributed by atoms with van der Waals surface area (Å²) in [7, 11) is 1.84. The van der Waals surface area contributed by atoms with Gasteiger partial charge in [0.05, 0.1) is 17.3 Å². The predicted octanol–water partition coefficient (Wildman–Crippen LogP) is 2.17. The topological polar surface area (TPSA) is 76.3 Å². The number of fused-ring (bicyclic) bond motifs is 2. The Morgan fingerprint density at radius 1 is 1.20 bits per heavy atom. The number of carboxylic acids is 1. The number of hydrogen-bond donors (Lipinski definition) is 2. The Hall–Kier alpha value is -2.76. The Balaban J connectivity index is 1.74. The van der Waals surface area contributed by atoms with Crippen LogP contribution in [-0.2, 0) is 11.8 Å². The number of nitrogens with one attached hydrogen (secondary N) is 1. The van der Waals surface area contributed by atoms with Crippen molar-refractivity contribution in [1.29, 1.82) is 0 Å². The molecule has 0 saturated heterocycles. The molecule has 2 bridgehead atoms. The Labute approximate surface area is 145 Å². The Bertz CT molecular complexity index is 910. The SMILES string of the molecule is Cc1c(N[C@@H]2[C@H](C(=O)O)[C@H]3C=C[C@H]2C3)c(=O)n(-c2ccccc2)n1C. The van der Waals surface area contributed by atoms with Gasteiger partial charge in [-0.1, -0.05) is 30.4 Å². The highest BCUT2D eigenvalue weighted by Crippen LogP contribution is 2.45. The number of allylic oxidation sites excluding steroid dienone is 1. The quantitative estimate of drug-likeness (QED) is 0.837. The van der Waals surface area contributed by atoms with Gasteiger partial charge in [0.15, 0.2) is 0 Å². The Kier molecular flexibility index (Phi) is 3.56. The average Bonchev–Trinajstić information content (AvgIpc) is 3.25. The number of benzene rings is 1. The van der Waals surface area contributed by atoms with E-state index in [-0.39, 0.29) is 23.4 Å². The average molecular weight is 339 g/mol. The zero-order valence-corrected chi connectivity index (χ0v) is 14.2. The standard InChI is InChI=1S/C19H21N3O3/c1-11-16(18(23)22(21(11)2)14-6-4-3-5-7-14)20-17-13-9-8-12(10-13)15(17)19(24)25/h3-9,12-13,15,17,20H,10H2,1-2H3,(H,24,25)/t12-,13-,15+,17-/m0/s1. The molecule has 0 amide bonds. The highest BCUT2D eigenvalue weighted by atomic mass is 16.4. The molecule has 130 valence electrons. The van der Waals surface area contributed by atoms with E-state index in [0.29, 0.717) is 5.69 Å². The van der Waals surface area contributed by atoms with Crippen molar-refractivity contribution in [2.45, 2.75) is 19.4 Å². The van der Waals surface area contributed by atoms with Crippen LogP contribution in [0.1, 0.15) is 12.1 Å². The summed E-state index contributed by atoms with van der Waals surface area (Å²) in [5, 5.41) is 12.9. The molecular formula is C19H21N3O3. The van der Waals surface area contributed by atoms with Crippen LogP contribution in [-0.4, -0.2) is 26.5 Å². The highest BCUT2D eigenvalue weighted by molar-refractivity contribution is 5.74. The van der Waals surface area contributed by atoms with Crippen LogP contribution in [0.25, 0.3) is 5.69 Å². The molecule has 2 aliphatic rings. The summed E-state index contributed by atoms with van der Waals surface area (Å²) in [6, 6.07) is 9.19. The van der Waals surface area contributed by atoms with E-state index in [1.807, 2.05) is 50.4 Å². The van der Waals surface area contributed by atoms with Crippen LogP contribution in [0.5, 0.6) is 0 Å². The van der Waals surface area contributed by atoms with Gasteiger partial charge in [0.2, 0.25) is 0 Å². The number of aromatic nitrogens is 2. The molecule has 6 nitrogen and oxygen atoms in total. The molecule has 25 heavy (non-hydrogen) atoms. The normalized spacial score (nSPS) is 27.0. The molecule has 2 N–H and O–H groups in total. The summed E-state index contributed by atoms with van der Waals surface area (Å²) in [6.45, 7) is 1.88. The van der Waals surface area contributed by atoms with Crippen LogP contribution in [0.2, 0.25) is 0 Å². The molecule has 0 unspecified atom stereocenters. The Morgan fingerprint density at radius 2 is 1.88 bits per heavy atom. The van der Waals surface area contributed by atoms with E-state index >= 15 is 0 Å². The maximum atomic E-state index is 13.0. The first kappa shape index (κ1) is 15.7. The fourth-order valence-electron chi connectivity index (χ4n) is 4.26. The third kappa shape index (κ3) is 2.32. The lowest BCUT2D eigenvalue weighted by molar-refractivity contribution is -0.142. The first-order valence-corrected chi connectivity index (χ1v) is 8.50. The van der Waals surface area contributed by atoms with Gasteiger partial charge in [0, 0.05) is 13.1 Å². The number of anilines is 1. The van der Waals surface area contributed by atoms with E-state index in [4.69, 9.17) is 0 Å². The monoisotopic (exact) mass is 339 g/mol. The molecule has 1 heterocycles. The van der Waals surface area contributed by atoms with Crippen LogP contribution < -0.4 is 10.9 Å². The summed E-state index contributed by atoms with van der Waals surface area (Å²) >= 11 is 0. The van der Waals surface area contributed by atoms with Crippen molar-refractivity contribution in [1.82, 2.24) is 9.36 Å². The summed E-state index contributed by atoms with van der Waals surface area (Å²) in [5.41, 5.74) is 1.92. The number of carbonyl (C=O) groups is 1. The molecule has 0 aliphatic heterocycles. The van der Waals surface area contributed by atoms with Gasteiger partial charge in [-0.25, -0.2) is 4.68 Å². The zero-order chi connectivity index (χ0) is 17.7. The molecule has 1 aromatic heterocycles. The molecule has 1 aromatic carbocycles. The second-order valence-electron chi connectivity index (χ2n) is 6.92. The number of nitrogens with zero attached hydrogens (tertiary/aromatic N) is 2. The molecule has 2 aliphatic carbocycles. The van der Waals surface area contributed by atoms with Gasteiger partial charge in [-0.3, -0.25) is 14.3 Å². The maximum absolute atomic E-state index is 13.0. The largest absolute Gasteiger partial charge is 0.481 e. The molecule has 1 fully saturated rings. The van der Waals surface area contributed by atoms with Crippen molar-refractivity contribution < 1.29 is 9.90 Å². The fraction of sp³-hybridized carbons (Fsp3) is 0.368. The first-order valence-electron chi connectivity index (χ1n) is 8.50. The fourth-order valence-corrected chi connectivity index (χ4v) is 4.26. The number of carboxylic acid groups (broad SMARTS) is 1. The Morgan fingerprint density at radius 3 is 2.56 bits per heavy atom. The maximum Gasteiger partial charge on any atom is 0.309 e. The van der Waals surface area contributed by atoms with Crippen LogP contribution in [0.4, 0.5) is 5.69 Å². The lowest BCUT2D eigenvalue weighted by Gasteiger charge is -2.26. The molecular weight excluding hydrogens is 318 g/mol. The minimum Gasteiger partial charge on any atom is -0.481 e. The lowest BCUT2D eigenvalue weighted by atomic mass is 9.89. The predicted molar refractivity (Wildman–Crippen MR) is 95.0 cm³/mol. The summed E-state index contributed by atoms with van der Waals surface area (Å²) in [5.74, 6) is -1.07. The smallest absolute Gasteiger partial charge is 0.309 e. The van der Waals surface area contributed by atoms with Gasteiger partial charge in [-0.05, 0) is 37.3 Å². The second-order valence-corrected chi connectivity index (χ2v) is 6.92. The van der Waals surface area contributed by atoms with Gasteiger partial charge in [0.1, 0.15) is 5.69 Å². The number of rotatable bonds is 4. The first-order chi connectivity index (χ1) is 12.0. The van der Waals surface area contributed by atoms with E-state index in [2.05, 4.69) is 11.4 Å². The van der Waals surface area contributed by atoms with Crippen molar-refractivity contribution in [3.05, 3.63) is 58.5 Å². The van der Waals surface area contributed by atoms with Gasteiger partial charge >= 0.3 is 5.97 Å². The van der Waals surface area contributed by atoms with Crippen molar-refractivity contribution >= 4 is 11.7 Å². The van der Waals surface area contributed by atoms with Crippen LogP contribution in [0, 0.1) is 24.7 Å². The van der Waals surface area contributed by atoms with Crippen LogP contribution in [0.15, 0.2) is 47.3 Å². The van der Waals surface area contributed by atoms with E-state index in [0.717, 1.165) is 17.8 Å². The van der Waals surface area contributed by atoms with Crippen molar-refractivity contribution in [2.24, 2.45) is 24.8 Å². The molecule has 4 atom stereocenters. The molecule has 0 spiro atoms. The number of aliphatic carboxylic acids is 1. The molecule has 4 rings (SSSR count). The summed E-state index contributed by atoms with van der Waals surface area (Å²) in [6.07, 6.45) is 4.92. The zero-order valence-electron chi connectivity index (χ0n) is 14.2. The van der Waals surface area contributed by atoms with E-state index in [9.17, 15) is 14.7 Å². The number of para-hydroxylation sites is 1. The van der Waals surface area contributed by atoms with E-state index in [1.54, 1.807) is 9.36 Å². The van der Waals surface area contributed by atoms with Gasteiger partial charge in [0.25, 0.3) is 5.56 Å². The van der Waals surface area contributed by atoms with Crippen molar-refractivity contribution in [3.63, 3.8) is 0 Å². The summed E-state index contributed by atoms with van der Waals surface area (Å²) in [4.78, 5) is 24.7. The van der Waals surface area contributed by atoms with E-state index < -0.39 is 11.9 Å². The lowest BCUT2D eigenvalue weighted by Crippen LogP contribution is -2.39. The van der Waals surface area contributed by atoms with E-state index in [1.165, 1.54) is 0 Å². The molecule has 6 heteroatoms.